The van der Waals surface area contributed by atoms with Crippen LogP contribution in [0.15, 0.2) is 51.7 Å². The van der Waals surface area contributed by atoms with Gasteiger partial charge < -0.3 is 13.9 Å². The highest BCUT2D eigenvalue weighted by Gasteiger charge is 2.15. The number of rotatable bonds is 4. The molecule has 0 spiro atoms. The second kappa shape index (κ2) is 6.99. The van der Waals surface area contributed by atoms with Gasteiger partial charge in [-0.05, 0) is 36.2 Å². The summed E-state index contributed by atoms with van der Waals surface area (Å²) in [6.45, 7) is 1.93. The fourth-order valence-electron chi connectivity index (χ4n) is 2.51. The fourth-order valence-corrected chi connectivity index (χ4v) is 2.71. The maximum Gasteiger partial charge on any atom is 0.343 e. The van der Waals surface area contributed by atoms with Crippen LogP contribution in [0.25, 0.3) is 11.0 Å². The van der Waals surface area contributed by atoms with E-state index in [-0.39, 0.29) is 10.8 Å². The molecular formula is C19H15ClO5. The molecule has 0 saturated carbocycles. The average Bonchev–Trinajstić information content (AvgIpc) is 2.62. The molecule has 0 aliphatic rings. The van der Waals surface area contributed by atoms with Crippen molar-refractivity contribution in [3.05, 3.63) is 69.0 Å². The minimum atomic E-state index is -0.589. The normalized spacial score (nSPS) is 10.7. The molecule has 0 N–H and O–H groups in total. The highest BCUT2D eigenvalue weighted by Crippen LogP contribution is 2.32. The largest absolute Gasteiger partial charge is 0.497 e. The van der Waals surface area contributed by atoms with E-state index in [4.69, 9.17) is 25.5 Å². The Kier molecular flexibility index (Phi) is 4.76. The predicted molar refractivity (Wildman–Crippen MR) is 94.8 cm³/mol. The lowest BCUT2D eigenvalue weighted by atomic mass is 10.1. The summed E-state index contributed by atoms with van der Waals surface area (Å²) in [5.74, 6) is 0.0742. The van der Waals surface area contributed by atoms with Gasteiger partial charge >= 0.3 is 11.6 Å². The Balaban J connectivity index is 1.99. The summed E-state index contributed by atoms with van der Waals surface area (Å²) in [4.78, 5) is 24.0. The van der Waals surface area contributed by atoms with E-state index < -0.39 is 11.6 Å². The van der Waals surface area contributed by atoms with Crippen molar-refractivity contribution in [3.8, 4) is 11.5 Å². The van der Waals surface area contributed by atoms with Crippen LogP contribution in [-0.2, 0) is 6.42 Å². The van der Waals surface area contributed by atoms with E-state index in [2.05, 4.69) is 0 Å². The summed E-state index contributed by atoms with van der Waals surface area (Å²) in [7, 11) is 1.51. The third-order valence-electron chi connectivity index (χ3n) is 3.77. The first kappa shape index (κ1) is 17.0. The Hall–Kier alpha value is -2.79. The quantitative estimate of drug-likeness (QED) is 0.396. The summed E-state index contributed by atoms with van der Waals surface area (Å²) in [5.41, 5.74) is 0.997. The highest BCUT2D eigenvalue weighted by atomic mass is 35.5. The molecule has 0 saturated heterocycles. The smallest absolute Gasteiger partial charge is 0.343 e. The van der Waals surface area contributed by atoms with Crippen molar-refractivity contribution in [3.63, 3.8) is 0 Å². The van der Waals surface area contributed by atoms with Crippen LogP contribution in [0, 0.1) is 0 Å². The Bertz CT molecular complexity index is 1010. The van der Waals surface area contributed by atoms with Gasteiger partial charge in [0.25, 0.3) is 0 Å². The number of methoxy groups -OCH3 is 1. The van der Waals surface area contributed by atoms with Gasteiger partial charge in [0.15, 0.2) is 5.75 Å². The van der Waals surface area contributed by atoms with Gasteiger partial charge in [0, 0.05) is 17.5 Å². The maximum atomic E-state index is 12.3. The molecular weight excluding hydrogens is 344 g/mol. The number of esters is 1. The van der Waals surface area contributed by atoms with Crippen molar-refractivity contribution in [2.45, 2.75) is 13.3 Å². The van der Waals surface area contributed by atoms with Crippen LogP contribution in [0.4, 0.5) is 0 Å². The van der Waals surface area contributed by atoms with Crippen LogP contribution in [0.1, 0.15) is 22.8 Å². The molecule has 1 heterocycles. The third-order valence-corrected chi connectivity index (χ3v) is 4.07. The van der Waals surface area contributed by atoms with Crippen LogP contribution < -0.4 is 15.1 Å². The average molecular weight is 359 g/mol. The molecule has 0 aliphatic carbocycles. The zero-order chi connectivity index (χ0) is 18.0. The van der Waals surface area contributed by atoms with Crippen molar-refractivity contribution in [2.75, 3.05) is 7.11 Å². The molecule has 3 aromatic rings. The Morgan fingerprint density at radius 2 is 2.00 bits per heavy atom. The van der Waals surface area contributed by atoms with Crippen LogP contribution in [0.2, 0.25) is 5.02 Å². The lowest BCUT2D eigenvalue weighted by Gasteiger charge is -2.09. The number of halogens is 1. The summed E-state index contributed by atoms with van der Waals surface area (Å²) in [6, 6.07) is 11.1. The number of hydrogen-bond acceptors (Lipinski definition) is 5. The topological polar surface area (TPSA) is 65.7 Å². The van der Waals surface area contributed by atoms with Crippen molar-refractivity contribution >= 4 is 28.5 Å². The molecule has 0 atom stereocenters. The number of carbonyl (C=O) groups is 1. The molecule has 0 amide bonds. The van der Waals surface area contributed by atoms with E-state index in [0.717, 1.165) is 5.56 Å². The summed E-state index contributed by atoms with van der Waals surface area (Å²) < 4.78 is 15.7. The number of ether oxygens (including phenoxy) is 2. The van der Waals surface area contributed by atoms with E-state index >= 15 is 0 Å². The van der Waals surface area contributed by atoms with Gasteiger partial charge in [-0.3, -0.25) is 0 Å². The van der Waals surface area contributed by atoms with E-state index in [0.29, 0.717) is 28.7 Å². The maximum absolute atomic E-state index is 12.3. The van der Waals surface area contributed by atoms with Gasteiger partial charge in [-0.1, -0.05) is 24.6 Å². The molecule has 0 bridgehead atoms. The second-order valence-electron chi connectivity index (χ2n) is 5.34. The van der Waals surface area contributed by atoms with E-state index in [1.54, 1.807) is 30.3 Å². The highest BCUT2D eigenvalue weighted by molar-refractivity contribution is 6.33. The second-order valence-corrected chi connectivity index (χ2v) is 5.75. The molecule has 5 nitrogen and oxygen atoms in total. The van der Waals surface area contributed by atoms with Gasteiger partial charge in [-0.2, -0.15) is 0 Å². The molecule has 25 heavy (non-hydrogen) atoms. The van der Waals surface area contributed by atoms with Crippen LogP contribution in [0.3, 0.4) is 0 Å². The first-order chi connectivity index (χ1) is 12.0. The minimum Gasteiger partial charge on any atom is -0.497 e. The number of aryl methyl sites for hydroxylation is 1. The van der Waals surface area contributed by atoms with Gasteiger partial charge in [0.2, 0.25) is 0 Å². The number of carbonyl (C=O) groups excluding carboxylic acids is 1. The van der Waals surface area contributed by atoms with Crippen molar-refractivity contribution in [2.24, 2.45) is 0 Å². The molecule has 6 heteroatoms. The third kappa shape index (κ3) is 3.51. The molecule has 128 valence electrons. The first-order valence-corrected chi connectivity index (χ1v) is 8.02. The van der Waals surface area contributed by atoms with Crippen LogP contribution in [-0.4, -0.2) is 13.1 Å². The lowest BCUT2D eigenvalue weighted by Crippen LogP contribution is -2.09. The molecule has 0 fully saturated rings. The molecule has 0 radical (unpaired) electrons. The first-order valence-electron chi connectivity index (χ1n) is 7.64. The zero-order valence-electron chi connectivity index (χ0n) is 13.7. The number of benzene rings is 2. The molecule has 2 aromatic carbocycles. The summed E-state index contributed by atoms with van der Waals surface area (Å²) >= 11 is 6.24. The van der Waals surface area contributed by atoms with E-state index in [1.807, 2.05) is 6.92 Å². The van der Waals surface area contributed by atoms with Gasteiger partial charge in [0.1, 0.15) is 11.3 Å². The standard InChI is InChI=1S/C19H15ClO5/c1-3-11-8-18(21)24-16-10-17(15(20)9-14(11)16)25-19(22)12-5-4-6-13(7-12)23-2/h4-10H,3H2,1-2H3. The van der Waals surface area contributed by atoms with Crippen molar-refractivity contribution in [1.29, 1.82) is 0 Å². The van der Waals surface area contributed by atoms with Gasteiger partial charge in [-0.25, -0.2) is 9.59 Å². The fraction of sp³-hybridized carbons (Fsp3) is 0.158. The minimum absolute atomic E-state index is 0.124. The summed E-state index contributed by atoms with van der Waals surface area (Å²) in [5, 5.41) is 0.973. The number of hydrogen-bond donors (Lipinski definition) is 0. The van der Waals surface area contributed by atoms with E-state index in [9.17, 15) is 9.59 Å². The summed E-state index contributed by atoms with van der Waals surface area (Å²) in [6.07, 6.45) is 0.654. The van der Waals surface area contributed by atoms with Gasteiger partial charge in [-0.15, -0.1) is 0 Å². The van der Waals surface area contributed by atoms with Crippen LogP contribution in [0.5, 0.6) is 11.5 Å². The molecule has 3 rings (SSSR count). The van der Waals surface area contributed by atoms with E-state index in [1.165, 1.54) is 19.2 Å². The molecule has 0 aliphatic heterocycles. The Morgan fingerprint density at radius 3 is 2.72 bits per heavy atom. The lowest BCUT2D eigenvalue weighted by molar-refractivity contribution is 0.0734. The zero-order valence-corrected chi connectivity index (χ0v) is 14.4. The predicted octanol–water partition coefficient (Wildman–Crippen LogP) is 4.24. The molecule has 1 aromatic heterocycles. The van der Waals surface area contributed by atoms with Crippen LogP contribution >= 0.6 is 11.6 Å². The Labute approximate surface area is 148 Å². The molecule has 0 unspecified atom stereocenters. The number of fused-ring (bicyclic) bond motifs is 1. The Morgan fingerprint density at radius 1 is 1.20 bits per heavy atom. The van der Waals surface area contributed by atoms with Gasteiger partial charge in [0.05, 0.1) is 17.7 Å². The van der Waals surface area contributed by atoms with Crippen molar-refractivity contribution < 1.29 is 18.7 Å². The van der Waals surface area contributed by atoms with Crippen molar-refractivity contribution in [1.82, 2.24) is 0 Å². The SMILES string of the molecule is CCc1cc(=O)oc2cc(OC(=O)c3cccc(OC)c3)c(Cl)cc12. The monoisotopic (exact) mass is 358 g/mol.